The lowest BCUT2D eigenvalue weighted by Gasteiger charge is -1.93. The highest BCUT2D eigenvalue weighted by Gasteiger charge is 2.03. The fraction of sp³-hybridized carbons (Fsp3) is 0. The van der Waals surface area contributed by atoms with Gasteiger partial charge in [-0.15, -0.1) is 0 Å². The monoisotopic (exact) mass is 180 g/mol. The molecule has 1 heterocycles. The van der Waals surface area contributed by atoms with Crippen LogP contribution in [0.2, 0.25) is 5.02 Å². The van der Waals surface area contributed by atoms with Crippen LogP contribution in [0.1, 0.15) is 10.4 Å². The van der Waals surface area contributed by atoms with Crippen LogP contribution in [0.4, 0.5) is 0 Å². The smallest absolute Gasteiger partial charge is 0.152 e. The maximum absolute atomic E-state index is 10.6. The van der Waals surface area contributed by atoms with Gasteiger partial charge in [-0.05, 0) is 12.1 Å². The molecule has 0 radical (unpaired) electrons. The number of H-pyrrole nitrogens is 1. The molecule has 0 aliphatic rings. The zero-order valence-electron chi connectivity index (χ0n) is 6.04. The van der Waals surface area contributed by atoms with Gasteiger partial charge in [0, 0.05) is 10.6 Å². The number of rotatable bonds is 1. The van der Waals surface area contributed by atoms with Gasteiger partial charge < -0.3 is 4.98 Å². The molecule has 2 aromatic rings. The van der Waals surface area contributed by atoms with Gasteiger partial charge in [0.1, 0.15) is 0 Å². The van der Waals surface area contributed by atoms with Gasteiger partial charge in [0.15, 0.2) is 6.29 Å². The van der Waals surface area contributed by atoms with Gasteiger partial charge in [0.2, 0.25) is 0 Å². The van der Waals surface area contributed by atoms with Crippen molar-refractivity contribution in [2.75, 3.05) is 0 Å². The minimum Gasteiger partial charge on any atom is -0.345 e. The number of hydrogen-bond acceptors (Lipinski definition) is 2. The molecule has 4 heteroatoms. The first-order chi connectivity index (χ1) is 5.81. The average molecular weight is 181 g/mol. The molecular weight excluding hydrogens is 176 g/mol. The summed E-state index contributed by atoms with van der Waals surface area (Å²) < 4.78 is 0. The predicted octanol–water partition coefficient (Wildman–Crippen LogP) is 2.03. The summed E-state index contributed by atoms with van der Waals surface area (Å²) in [6.07, 6.45) is 2.28. The zero-order valence-corrected chi connectivity index (χ0v) is 6.80. The Morgan fingerprint density at radius 2 is 2.33 bits per heavy atom. The van der Waals surface area contributed by atoms with Crippen LogP contribution in [0, 0.1) is 0 Å². The van der Waals surface area contributed by atoms with Crippen LogP contribution < -0.4 is 0 Å². The second-order valence-corrected chi connectivity index (χ2v) is 2.85. The van der Waals surface area contributed by atoms with E-state index < -0.39 is 0 Å². The van der Waals surface area contributed by atoms with Crippen molar-refractivity contribution >= 4 is 28.9 Å². The van der Waals surface area contributed by atoms with E-state index in [9.17, 15) is 4.79 Å². The largest absolute Gasteiger partial charge is 0.345 e. The molecule has 0 aliphatic carbocycles. The molecule has 0 spiro atoms. The summed E-state index contributed by atoms with van der Waals surface area (Å²) in [5.41, 5.74) is 1.96. The average Bonchev–Trinajstić information content (AvgIpc) is 2.50. The van der Waals surface area contributed by atoms with E-state index in [1.165, 1.54) is 6.33 Å². The van der Waals surface area contributed by atoms with E-state index in [4.69, 9.17) is 11.6 Å². The Hall–Kier alpha value is -1.35. The van der Waals surface area contributed by atoms with Crippen LogP contribution in [0.15, 0.2) is 18.5 Å². The molecule has 0 fully saturated rings. The van der Waals surface area contributed by atoms with E-state index in [2.05, 4.69) is 9.97 Å². The number of benzene rings is 1. The van der Waals surface area contributed by atoms with Crippen molar-refractivity contribution in [1.82, 2.24) is 9.97 Å². The number of nitrogens with zero attached hydrogens (tertiary/aromatic N) is 1. The van der Waals surface area contributed by atoms with Crippen molar-refractivity contribution in [3.05, 3.63) is 29.0 Å². The third-order valence-electron chi connectivity index (χ3n) is 1.64. The van der Waals surface area contributed by atoms with Crippen LogP contribution in [0.5, 0.6) is 0 Å². The number of aromatic nitrogens is 2. The van der Waals surface area contributed by atoms with Crippen LogP contribution >= 0.6 is 11.6 Å². The number of aromatic amines is 1. The Morgan fingerprint density at radius 1 is 1.50 bits per heavy atom. The van der Waals surface area contributed by atoms with Crippen molar-refractivity contribution in [1.29, 1.82) is 0 Å². The normalized spacial score (nSPS) is 10.4. The van der Waals surface area contributed by atoms with E-state index in [0.29, 0.717) is 16.1 Å². The summed E-state index contributed by atoms with van der Waals surface area (Å²) in [5, 5.41) is 0.536. The van der Waals surface area contributed by atoms with Gasteiger partial charge in [0.05, 0.1) is 17.4 Å². The molecule has 0 aliphatic heterocycles. The van der Waals surface area contributed by atoms with Crippen LogP contribution in [-0.2, 0) is 0 Å². The van der Waals surface area contributed by atoms with E-state index in [0.717, 1.165) is 11.8 Å². The van der Waals surface area contributed by atoms with Gasteiger partial charge in [-0.25, -0.2) is 4.98 Å². The Labute approximate surface area is 73.4 Å². The number of halogens is 1. The fourth-order valence-electron chi connectivity index (χ4n) is 1.13. The fourth-order valence-corrected chi connectivity index (χ4v) is 1.36. The van der Waals surface area contributed by atoms with E-state index in [1.807, 2.05) is 0 Å². The quantitative estimate of drug-likeness (QED) is 0.683. The number of fused-ring (bicyclic) bond motifs is 1. The lowest BCUT2D eigenvalue weighted by molar-refractivity contribution is 0.112. The van der Waals surface area contributed by atoms with Gasteiger partial charge in [-0.3, -0.25) is 4.79 Å². The highest BCUT2D eigenvalue weighted by Crippen LogP contribution is 2.19. The minimum absolute atomic E-state index is 0.513. The topological polar surface area (TPSA) is 45.8 Å². The highest BCUT2D eigenvalue weighted by atomic mass is 35.5. The van der Waals surface area contributed by atoms with Crippen LogP contribution in [-0.4, -0.2) is 16.3 Å². The zero-order chi connectivity index (χ0) is 8.55. The number of carbonyl (C=O) groups is 1. The van der Waals surface area contributed by atoms with Crippen molar-refractivity contribution < 1.29 is 4.79 Å². The van der Waals surface area contributed by atoms with Gasteiger partial charge in [-0.1, -0.05) is 11.6 Å². The molecule has 0 amide bonds. The van der Waals surface area contributed by atoms with Gasteiger partial charge in [-0.2, -0.15) is 0 Å². The number of carbonyl (C=O) groups excluding carboxylic acids is 1. The molecular formula is C8H5ClN2O. The summed E-state index contributed by atoms with van der Waals surface area (Å²) in [7, 11) is 0. The predicted molar refractivity (Wildman–Crippen MR) is 46.5 cm³/mol. The molecule has 0 bridgehead atoms. The van der Waals surface area contributed by atoms with E-state index in [1.54, 1.807) is 12.1 Å². The third-order valence-corrected chi connectivity index (χ3v) is 1.86. The molecule has 0 saturated heterocycles. The molecule has 1 aromatic heterocycles. The summed E-state index contributed by atoms with van der Waals surface area (Å²) in [6, 6.07) is 3.33. The lowest BCUT2D eigenvalue weighted by Crippen LogP contribution is -1.82. The third kappa shape index (κ3) is 0.987. The number of nitrogens with one attached hydrogen (secondary N) is 1. The highest BCUT2D eigenvalue weighted by molar-refractivity contribution is 6.31. The minimum atomic E-state index is 0.513. The van der Waals surface area contributed by atoms with Crippen molar-refractivity contribution in [3.63, 3.8) is 0 Å². The van der Waals surface area contributed by atoms with Crippen molar-refractivity contribution in [2.45, 2.75) is 0 Å². The van der Waals surface area contributed by atoms with Gasteiger partial charge >= 0.3 is 0 Å². The molecule has 1 N–H and O–H groups in total. The summed E-state index contributed by atoms with van der Waals surface area (Å²) in [4.78, 5) is 17.4. The van der Waals surface area contributed by atoms with Crippen molar-refractivity contribution in [3.8, 4) is 0 Å². The summed E-state index contributed by atoms with van der Waals surface area (Å²) >= 11 is 5.75. The first kappa shape index (κ1) is 7.31. The van der Waals surface area contributed by atoms with Gasteiger partial charge in [0.25, 0.3) is 0 Å². The van der Waals surface area contributed by atoms with Crippen molar-refractivity contribution in [2.24, 2.45) is 0 Å². The first-order valence-corrected chi connectivity index (χ1v) is 3.77. The molecule has 12 heavy (non-hydrogen) atoms. The molecule has 0 unspecified atom stereocenters. The van der Waals surface area contributed by atoms with E-state index >= 15 is 0 Å². The second kappa shape index (κ2) is 2.60. The number of aldehydes is 1. The molecule has 60 valence electrons. The Morgan fingerprint density at radius 3 is 3.08 bits per heavy atom. The summed E-state index contributed by atoms with van der Waals surface area (Å²) in [5.74, 6) is 0. The SMILES string of the molecule is O=Cc1cc(Cl)cc2[nH]cnc12. The summed E-state index contributed by atoms with van der Waals surface area (Å²) in [6.45, 7) is 0. The number of imidazole rings is 1. The molecule has 0 atom stereocenters. The maximum Gasteiger partial charge on any atom is 0.152 e. The Kier molecular flexibility index (Phi) is 1.59. The van der Waals surface area contributed by atoms with E-state index in [-0.39, 0.29) is 0 Å². The van der Waals surface area contributed by atoms with Crippen LogP contribution in [0.3, 0.4) is 0 Å². The molecule has 2 rings (SSSR count). The Bertz CT molecular complexity index is 436. The Balaban J connectivity index is 2.88. The molecule has 1 aromatic carbocycles. The standard InChI is InChI=1S/C8H5ClN2O/c9-6-1-5(3-12)8-7(2-6)10-4-11-8/h1-4H,(H,10,11). The lowest BCUT2D eigenvalue weighted by atomic mass is 10.2. The number of hydrogen-bond donors (Lipinski definition) is 1. The molecule has 3 nitrogen and oxygen atoms in total. The van der Waals surface area contributed by atoms with Crippen LogP contribution in [0.25, 0.3) is 11.0 Å². The second-order valence-electron chi connectivity index (χ2n) is 2.41. The maximum atomic E-state index is 10.6. The first-order valence-electron chi connectivity index (χ1n) is 3.39. The molecule has 0 saturated carbocycles.